The van der Waals surface area contributed by atoms with Crippen LogP contribution >= 0.6 is 0 Å². The van der Waals surface area contributed by atoms with E-state index in [9.17, 15) is 9.59 Å². The standard InChI is InChI=1S/C10H17NO2/c1-7(2)8(12)6-11-9(13)10(3)4-5-10/h7H,4-6H2,1-3H3,(H,11,13). The fourth-order valence-electron chi connectivity index (χ4n) is 0.999. The number of hydrogen-bond acceptors (Lipinski definition) is 2. The minimum absolute atomic E-state index is 0.00677. The van der Waals surface area contributed by atoms with Gasteiger partial charge in [-0.15, -0.1) is 0 Å². The Morgan fingerprint density at radius 2 is 1.92 bits per heavy atom. The first-order valence-electron chi connectivity index (χ1n) is 4.77. The molecule has 1 saturated carbocycles. The topological polar surface area (TPSA) is 46.2 Å². The molecular weight excluding hydrogens is 166 g/mol. The normalized spacial score (nSPS) is 18.5. The van der Waals surface area contributed by atoms with E-state index < -0.39 is 0 Å². The molecule has 74 valence electrons. The van der Waals surface area contributed by atoms with Gasteiger partial charge in [0.25, 0.3) is 0 Å². The molecule has 13 heavy (non-hydrogen) atoms. The summed E-state index contributed by atoms with van der Waals surface area (Å²) in [5.41, 5.74) is -0.169. The Morgan fingerprint density at radius 3 is 2.31 bits per heavy atom. The monoisotopic (exact) mass is 183 g/mol. The summed E-state index contributed by atoms with van der Waals surface area (Å²) in [6.45, 7) is 5.80. The maximum Gasteiger partial charge on any atom is 0.226 e. The van der Waals surface area contributed by atoms with Gasteiger partial charge in [0.1, 0.15) is 0 Å². The first kappa shape index (κ1) is 10.2. The SMILES string of the molecule is CC(C)C(=O)CNC(=O)C1(C)CC1. The molecule has 0 spiro atoms. The van der Waals surface area contributed by atoms with E-state index in [0.29, 0.717) is 0 Å². The second kappa shape index (κ2) is 3.48. The van der Waals surface area contributed by atoms with Crippen LogP contribution in [0.4, 0.5) is 0 Å². The largest absolute Gasteiger partial charge is 0.349 e. The van der Waals surface area contributed by atoms with Gasteiger partial charge in [-0.2, -0.15) is 0 Å². The second-order valence-corrected chi connectivity index (χ2v) is 4.36. The Bertz CT molecular complexity index is 229. The van der Waals surface area contributed by atoms with Crippen LogP contribution in [0.25, 0.3) is 0 Å². The molecule has 1 fully saturated rings. The van der Waals surface area contributed by atoms with Gasteiger partial charge in [-0.3, -0.25) is 9.59 Å². The third-order valence-corrected chi connectivity index (χ3v) is 2.62. The molecule has 0 heterocycles. The van der Waals surface area contributed by atoms with E-state index in [2.05, 4.69) is 5.32 Å². The van der Waals surface area contributed by atoms with E-state index in [1.165, 1.54) is 0 Å². The van der Waals surface area contributed by atoms with E-state index >= 15 is 0 Å². The number of hydrogen-bond donors (Lipinski definition) is 1. The molecule has 3 heteroatoms. The molecule has 3 nitrogen and oxygen atoms in total. The number of amides is 1. The van der Waals surface area contributed by atoms with E-state index in [-0.39, 0.29) is 29.6 Å². The van der Waals surface area contributed by atoms with Gasteiger partial charge < -0.3 is 5.32 Å². The summed E-state index contributed by atoms with van der Waals surface area (Å²) >= 11 is 0. The predicted octanol–water partition coefficient (Wildman–Crippen LogP) is 1.13. The van der Waals surface area contributed by atoms with Crippen LogP contribution in [0.5, 0.6) is 0 Å². The molecule has 1 N–H and O–H groups in total. The highest BCUT2D eigenvalue weighted by molar-refractivity contribution is 5.90. The fourth-order valence-corrected chi connectivity index (χ4v) is 0.999. The third kappa shape index (κ3) is 2.54. The highest BCUT2D eigenvalue weighted by atomic mass is 16.2. The molecule has 1 aliphatic carbocycles. The summed E-state index contributed by atoms with van der Waals surface area (Å²) in [5, 5.41) is 2.68. The Balaban J connectivity index is 2.27. The van der Waals surface area contributed by atoms with Gasteiger partial charge in [0.2, 0.25) is 5.91 Å². The summed E-state index contributed by atoms with van der Waals surface area (Å²) in [6, 6.07) is 0. The summed E-state index contributed by atoms with van der Waals surface area (Å²) in [6.07, 6.45) is 1.91. The quantitative estimate of drug-likeness (QED) is 0.710. The van der Waals surface area contributed by atoms with Crippen LogP contribution in [0.2, 0.25) is 0 Å². The molecule has 0 saturated heterocycles. The fraction of sp³-hybridized carbons (Fsp3) is 0.800. The molecule has 0 aromatic rings. The maximum absolute atomic E-state index is 11.4. The summed E-state index contributed by atoms with van der Waals surface area (Å²) in [4.78, 5) is 22.6. The van der Waals surface area contributed by atoms with Gasteiger partial charge >= 0.3 is 0 Å². The zero-order valence-corrected chi connectivity index (χ0v) is 8.52. The molecule has 0 aliphatic heterocycles. The average molecular weight is 183 g/mol. The molecule has 1 aliphatic rings. The van der Waals surface area contributed by atoms with Crippen molar-refractivity contribution in [2.24, 2.45) is 11.3 Å². The van der Waals surface area contributed by atoms with E-state index in [1.54, 1.807) is 0 Å². The van der Waals surface area contributed by atoms with Gasteiger partial charge in [0.15, 0.2) is 5.78 Å². The van der Waals surface area contributed by atoms with Gasteiger partial charge in [0, 0.05) is 11.3 Å². The minimum Gasteiger partial charge on any atom is -0.349 e. The summed E-state index contributed by atoms with van der Waals surface area (Å²) in [7, 11) is 0. The number of rotatable bonds is 4. The Kier molecular flexibility index (Phi) is 2.74. The zero-order valence-electron chi connectivity index (χ0n) is 8.52. The molecule has 0 unspecified atom stereocenters. The minimum atomic E-state index is -0.169. The lowest BCUT2D eigenvalue weighted by molar-refractivity contribution is -0.129. The van der Waals surface area contributed by atoms with E-state index in [1.807, 2.05) is 20.8 Å². The van der Waals surface area contributed by atoms with E-state index in [4.69, 9.17) is 0 Å². The lowest BCUT2D eigenvalue weighted by Gasteiger charge is -2.10. The molecule has 1 amide bonds. The number of carbonyl (C=O) groups is 2. The van der Waals surface area contributed by atoms with Crippen molar-refractivity contribution in [2.45, 2.75) is 33.6 Å². The third-order valence-electron chi connectivity index (χ3n) is 2.62. The Labute approximate surface area is 78.9 Å². The van der Waals surface area contributed by atoms with E-state index in [0.717, 1.165) is 12.8 Å². The molecular formula is C10H17NO2. The van der Waals surface area contributed by atoms with Crippen LogP contribution in [0.1, 0.15) is 33.6 Å². The Morgan fingerprint density at radius 1 is 1.38 bits per heavy atom. The van der Waals surface area contributed by atoms with Crippen LogP contribution in [-0.2, 0) is 9.59 Å². The Hall–Kier alpha value is -0.860. The van der Waals surface area contributed by atoms with Crippen molar-refractivity contribution in [3.8, 4) is 0 Å². The van der Waals surface area contributed by atoms with Crippen LogP contribution < -0.4 is 5.32 Å². The number of ketones is 1. The molecule has 0 atom stereocenters. The number of nitrogens with one attached hydrogen (secondary N) is 1. The second-order valence-electron chi connectivity index (χ2n) is 4.36. The van der Waals surface area contributed by atoms with Gasteiger partial charge in [-0.1, -0.05) is 20.8 Å². The van der Waals surface area contributed by atoms with Gasteiger partial charge in [-0.05, 0) is 12.8 Å². The first-order chi connectivity index (χ1) is 5.96. The molecule has 0 aromatic heterocycles. The van der Waals surface area contributed by atoms with Crippen molar-refractivity contribution in [2.75, 3.05) is 6.54 Å². The van der Waals surface area contributed by atoms with Crippen molar-refractivity contribution in [1.29, 1.82) is 0 Å². The highest BCUT2D eigenvalue weighted by Crippen LogP contribution is 2.44. The smallest absolute Gasteiger partial charge is 0.226 e. The van der Waals surface area contributed by atoms with Crippen molar-refractivity contribution in [3.63, 3.8) is 0 Å². The molecule has 0 radical (unpaired) electrons. The average Bonchev–Trinajstić information content (AvgIpc) is 2.79. The van der Waals surface area contributed by atoms with Crippen molar-refractivity contribution >= 4 is 11.7 Å². The number of carbonyl (C=O) groups excluding carboxylic acids is 2. The van der Waals surface area contributed by atoms with Gasteiger partial charge in [-0.25, -0.2) is 0 Å². The van der Waals surface area contributed by atoms with Crippen molar-refractivity contribution in [1.82, 2.24) is 5.32 Å². The summed E-state index contributed by atoms with van der Waals surface area (Å²) in [5.74, 6) is 0.131. The molecule has 0 aromatic carbocycles. The lowest BCUT2D eigenvalue weighted by atomic mass is 10.1. The lowest BCUT2D eigenvalue weighted by Crippen LogP contribution is -2.35. The van der Waals surface area contributed by atoms with Crippen LogP contribution in [0.15, 0.2) is 0 Å². The summed E-state index contributed by atoms with van der Waals surface area (Å²) < 4.78 is 0. The predicted molar refractivity (Wildman–Crippen MR) is 50.2 cm³/mol. The number of Topliss-reactive ketones (excluding diaryl/α,β-unsaturated/α-hetero) is 1. The highest BCUT2D eigenvalue weighted by Gasteiger charge is 2.44. The van der Waals surface area contributed by atoms with Crippen molar-refractivity contribution in [3.05, 3.63) is 0 Å². The zero-order chi connectivity index (χ0) is 10.1. The van der Waals surface area contributed by atoms with Crippen LogP contribution in [0, 0.1) is 11.3 Å². The van der Waals surface area contributed by atoms with Crippen molar-refractivity contribution < 1.29 is 9.59 Å². The van der Waals surface area contributed by atoms with Gasteiger partial charge in [0.05, 0.1) is 6.54 Å². The maximum atomic E-state index is 11.4. The van der Waals surface area contributed by atoms with Crippen LogP contribution in [0.3, 0.4) is 0 Å². The first-order valence-corrected chi connectivity index (χ1v) is 4.77. The molecule has 0 bridgehead atoms. The van der Waals surface area contributed by atoms with Crippen LogP contribution in [-0.4, -0.2) is 18.2 Å². The molecule has 1 rings (SSSR count).